The molecule has 1 aromatic carbocycles. The van der Waals surface area contributed by atoms with E-state index in [2.05, 4.69) is 20.1 Å². The van der Waals surface area contributed by atoms with Crippen molar-refractivity contribution in [2.24, 2.45) is 0 Å². The number of H-pyrrole nitrogens is 1. The van der Waals surface area contributed by atoms with E-state index in [0.29, 0.717) is 61.8 Å². The Morgan fingerprint density at radius 2 is 1.75 bits per heavy atom. The Labute approximate surface area is 188 Å². The number of ketones is 1. The van der Waals surface area contributed by atoms with Crippen molar-refractivity contribution in [3.8, 4) is 0 Å². The molecule has 0 spiro atoms. The number of piperazine rings is 1. The van der Waals surface area contributed by atoms with Crippen molar-refractivity contribution in [1.82, 2.24) is 20.1 Å². The highest BCUT2D eigenvalue weighted by Gasteiger charge is 2.30. The fourth-order valence-corrected chi connectivity index (χ4v) is 4.14. The molecule has 0 aliphatic carbocycles. The number of carbonyl (C=O) groups excluding carboxylic acids is 3. The summed E-state index contributed by atoms with van der Waals surface area (Å²) in [6, 6.07) is 9.50. The normalized spacial score (nSPS) is 15.9. The van der Waals surface area contributed by atoms with Crippen LogP contribution in [0.1, 0.15) is 44.6 Å². The van der Waals surface area contributed by atoms with Gasteiger partial charge in [0.25, 0.3) is 0 Å². The number of amides is 1. The lowest BCUT2D eigenvalue weighted by molar-refractivity contribution is -0.122. The highest BCUT2D eigenvalue weighted by molar-refractivity contribution is 6.03. The van der Waals surface area contributed by atoms with Gasteiger partial charge in [0, 0.05) is 38.4 Å². The quantitative estimate of drug-likeness (QED) is 0.481. The van der Waals surface area contributed by atoms with Crippen LogP contribution in [0, 0.1) is 13.8 Å². The van der Waals surface area contributed by atoms with Gasteiger partial charge in [-0.1, -0.05) is 30.3 Å². The zero-order valence-corrected chi connectivity index (χ0v) is 19.2. The van der Waals surface area contributed by atoms with Crippen LogP contribution < -0.4 is 5.32 Å². The minimum atomic E-state index is -0.442. The van der Waals surface area contributed by atoms with Crippen LogP contribution in [0.15, 0.2) is 30.3 Å². The fraction of sp³-hybridized carbons (Fsp3) is 0.458. The van der Waals surface area contributed by atoms with Crippen molar-refractivity contribution in [3.63, 3.8) is 0 Å². The Bertz CT molecular complexity index is 962. The number of esters is 1. The molecule has 0 bridgehead atoms. The maximum absolute atomic E-state index is 13.1. The van der Waals surface area contributed by atoms with Crippen LogP contribution in [-0.2, 0) is 16.1 Å². The molecule has 1 aliphatic heterocycles. The van der Waals surface area contributed by atoms with E-state index >= 15 is 0 Å². The monoisotopic (exact) mass is 440 g/mol. The summed E-state index contributed by atoms with van der Waals surface area (Å²) in [5.74, 6) is -0.490. The van der Waals surface area contributed by atoms with E-state index in [4.69, 9.17) is 4.74 Å². The number of aryl methyl sites for hydroxylation is 1. The molecule has 1 fully saturated rings. The molecule has 8 nitrogen and oxygen atoms in total. The standard InChI is InChI=1S/C24H32N4O4/c1-16-21(24(31)32-4)17(2)26-22(16)23(30)18(3)28-12-10-27(11-13-28)15-20(29)25-14-19-8-6-5-7-9-19/h5-9,18,26H,10-15H2,1-4H3,(H,25,29). The summed E-state index contributed by atoms with van der Waals surface area (Å²) in [6.45, 7) is 9.11. The summed E-state index contributed by atoms with van der Waals surface area (Å²) < 4.78 is 4.83. The molecule has 0 radical (unpaired) electrons. The molecule has 1 saturated heterocycles. The van der Waals surface area contributed by atoms with E-state index in [1.807, 2.05) is 37.3 Å². The predicted octanol–water partition coefficient (Wildman–Crippen LogP) is 1.92. The molecule has 32 heavy (non-hydrogen) atoms. The first kappa shape index (κ1) is 23.7. The molecule has 1 unspecified atom stereocenters. The maximum Gasteiger partial charge on any atom is 0.339 e. The Morgan fingerprint density at radius 1 is 1.09 bits per heavy atom. The number of benzene rings is 1. The molecule has 1 atom stereocenters. The number of ether oxygens (including phenoxy) is 1. The van der Waals surface area contributed by atoms with E-state index in [-0.39, 0.29) is 17.7 Å². The van der Waals surface area contributed by atoms with Crippen molar-refractivity contribution in [3.05, 3.63) is 58.4 Å². The van der Waals surface area contributed by atoms with Crippen molar-refractivity contribution in [2.75, 3.05) is 39.8 Å². The van der Waals surface area contributed by atoms with Gasteiger partial charge in [0.2, 0.25) is 5.91 Å². The third-order valence-corrected chi connectivity index (χ3v) is 6.11. The SMILES string of the molecule is COC(=O)c1c(C)[nH]c(C(=O)C(C)N2CCN(CC(=O)NCc3ccccc3)CC2)c1C. The minimum absolute atomic E-state index is 0.000692. The summed E-state index contributed by atoms with van der Waals surface area (Å²) >= 11 is 0. The van der Waals surface area contributed by atoms with E-state index in [9.17, 15) is 14.4 Å². The zero-order valence-electron chi connectivity index (χ0n) is 19.2. The van der Waals surface area contributed by atoms with Gasteiger partial charge in [0.05, 0.1) is 31.0 Å². The number of methoxy groups -OCH3 is 1. The lowest BCUT2D eigenvalue weighted by Crippen LogP contribution is -2.53. The number of carbonyl (C=O) groups is 3. The number of aromatic nitrogens is 1. The average Bonchev–Trinajstić information content (AvgIpc) is 3.11. The molecule has 3 rings (SSSR count). The Morgan fingerprint density at radius 3 is 2.38 bits per heavy atom. The van der Waals surface area contributed by atoms with Crippen molar-refractivity contribution >= 4 is 17.7 Å². The smallest absolute Gasteiger partial charge is 0.339 e. The van der Waals surface area contributed by atoms with Crippen molar-refractivity contribution in [1.29, 1.82) is 0 Å². The van der Waals surface area contributed by atoms with Crippen LogP contribution in [-0.4, -0.2) is 78.3 Å². The van der Waals surface area contributed by atoms with E-state index in [0.717, 1.165) is 5.56 Å². The second-order valence-electron chi connectivity index (χ2n) is 8.23. The molecule has 2 aromatic rings. The lowest BCUT2D eigenvalue weighted by Gasteiger charge is -2.37. The molecular formula is C24H32N4O4. The number of hydrogen-bond acceptors (Lipinski definition) is 6. The maximum atomic E-state index is 13.1. The first-order valence-corrected chi connectivity index (χ1v) is 10.9. The number of rotatable bonds is 8. The van der Waals surface area contributed by atoms with Crippen LogP contribution in [0.4, 0.5) is 0 Å². The van der Waals surface area contributed by atoms with Gasteiger partial charge in [-0.3, -0.25) is 19.4 Å². The average molecular weight is 441 g/mol. The van der Waals surface area contributed by atoms with Crippen LogP contribution in [0.25, 0.3) is 0 Å². The van der Waals surface area contributed by atoms with Gasteiger partial charge in [0.15, 0.2) is 5.78 Å². The minimum Gasteiger partial charge on any atom is -0.465 e. The van der Waals surface area contributed by atoms with Crippen LogP contribution in [0.5, 0.6) is 0 Å². The number of hydrogen-bond donors (Lipinski definition) is 2. The first-order chi connectivity index (χ1) is 15.3. The number of nitrogens with one attached hydrogen (secondary N) is 2. The third kappa shape index (κ3) is 5.44. The topological polar surface area (TPSA) is 94.7 Å². The summed E-state index contributed by atoms with van der Waals surface area (Å²) in [5, 5.41) is 2.96. The Balaban J connectivity index is 1.51. The molecule has 1 aromatic heterocycles. The van der Waals surface area contributed by atoms with Crippen molar-refractivity contribution < 1.29 is 19.1 Å². The fourth-order valence-electron chi connectivity index (χ4n) is 4.14. The third-order valence-electron chi connectivity index (χ3n) is 6.11. The van der Waals surface area contributed by atoms with Gasteiger partial charge >= 0.3 is 5.97 Å². The molecule has 2 N–H and O–H groups in total. The highest BCUT2D eigenvalue weighted by Crippen LogP contribution is 2.21. The first-order valence-electron chi connectivity index (χ1n) is 10.9. The van der Waals surface area contributed by atoms with Gasteiger partial charge < -0.3 is 15.0 Å². The molecule has 1 aliphatic rings. The molecular weight excluding hydrogens is 408 g/mol. The van der Waals surface area contributed by atoms with Crippen LogP contribution in [0.3, 0.4) is 0 Å². The lowest BCUT2D eigenvalue weighted by atomic mass is 10.0. The number of nitrogens with zero attached hydrogens (tertiary/aromatic N) is 2. The molecule has 0 saturated carbocycles. The second-order valence-corrected chi connectivity index (χ2v) is 8.23. The molecule has 8 heteroatoms. The van der Waals surface area contributed by atoms with Gasteiger partial charge in [-0.05, 0) is 31.9 Å². The summed E-state index contributed by atoms with van der Waals surface area (Å²) in [7, 11) is 1.33. The largest absolute Gasteiger partial charge is 0.465 e. The molecule has 2 heterocycles. The zero-order chi connectivity index (χ0) is 23.3. The summed E-state index contributed by atoms with van der Waals surface area (Å²) in [6.07, 6.45) is 0. The van der Waals surface area contributed by atoms with E-state index in [1.165, 1.54) is 7.11 Å². The van der Waals surface area contributed by atoms with Gasteiger partial charge in [0.1, 0.15) is 0 Å². The predicted molar refractivity (Wildman–Crippen MR) is 122 cm³/mol. The van der Waals surface area contributed by atoms with E-state index in [1.54, 1.807) is 13.8 Å². The van der Waals surface area contributed by atoms with Gasteiger partial charge in [-0.15, -0.1) is 0 Å². The summed E-state index contributed by atoms with van der Waals surface area (Å²) in [5.41, 5.74) is 3.21. The van der Waals surface area contributed by atoms with Crippen molar-refractivity contribution in [2.45, 2.75) is 33.4 Å². The van der Waals surface area contributed by atoms with Crippen LogP contribution >= 0.6 is 0 Å². The second kappa shape index (κ2) is 10.6. The Hall–Kier alpha value is -2.97. The summed E-state index contributed by atoms with van der Waals surface area (Å²) in [4.78, 5) is 44.7. The molecule has 1 amide bonds. The van der Waals surface area contributed by atoms with Gasteiger partial charge in [-0.2, -0.15) is 0 Å². The Kier molecular flexibility index (Phi) is 7.82. The number of aromatic amines is 1. The highest BCUT2D eigenvalue weighted by atomic mass is 16.5. The number of Topliss-reactive ketones (excluding diaryl/α,β-unsaturated/α-hetero) is 1. The van der Waals surface area contributed by atoms with Gasteiger partial charge in [-0.25, -0.2) is 4.79 Å². The van der Waals surface area contributed by atoms with E-state index < -0.39 is 5.97 Å². The molecule has 172 valence electrons. The van der Waals surface area contributed by atoms with Crippen LogP contribution in [0.2, 0.25) is 0 Å².